The molecule has 1 aliphatic carbocycles. The highest BCUT2D eigenvalue weighted by Crippen LogP contribution is 2.40. The van der Waals surface area contributed by atoms with Crippen LogP contribution in [0, 0.1) is 0 Å². The first-order valence-electron chi connectivity index (χ1n) is 10.8. The molecule has 0 aliphatic heterocycles. The van der Waals surface area contributed by atoms with E-state index in [0.29, 0.717) is 21.1 Å². The number of rotatable bonds is 7. The molecule has 5 nitrogen and oxygen atoms in total. The summed E-state index contributed by atoms with van der Waals surface area (Å²) in [4.78, 5) is 13.2. The second-order valence-corrected chi connectivity index (χ2v) is 10.7. The minimum atomic E-state index is -4.55. The topological polar surface area (TPSA) is 66.9 Å². The van der Waals surface area contributed by atoms with E-state index in [4.69, 9.17) is 11.6 Å². The zero-order valence-corrected chi connectivity index (χ0v) is 20.3. The third-order valence-electron chi connectivity index (χ3n) is 5.45. The van der Waals surface area contributed by atoms with Gasteiger partial charge in [0.25, 0.3) is 0 Å². The predicted molar refractivity (Wildman–Crippen MR) is 131 cm³/mol. The number of alkyl halides is 3. The van der Waals surface area contributed by atoms with E-state index in [-0.39, 0.29) is 10.7 Å². The number of hydrogen-bond donors (Lipinski definition) is 2. The molecule has 34 heavy (non-hydrogen) atoms. The molecule has 4 rings (SSSR count). The standard InChI is InChI=1S/C23H22ClF3N4OS2/c24-17-12-11-15(23(25,26)27)13-18(17)29-20(32)19(14-7-3-1-4-8-14)33-22-31-30-21(34-22)28-16-9-5-2-6-10-16/h1,3-4,7-8,11-13,16,19H,2,5-6,9-10H2,(H,28,30)(H,29,32). The first kappa shape index (κ1) is 24.8. The van der Waals surface area contributed by atoms with Gasteiger partial charge in [-0.15, -0.1) is 10.2 Å². The fourth-order valence-electron chi connectivity index (χ4n) is 3.73. The minimum Gasteiger partial charge on any atom is -0.357 e. The average Bonchev–Trinajstić information content (AvgIpc) is 3.26. The lowest BCUT2D eigenvalue weighted by molar-refractivity contribution is -0.137. The molecule has 1 aliphatic rings. The molecular weight excluding hydrogens is 505 g/mol. The maximum atomic E-state index is 13.2. The van der Waals surface area contributed by atoms with Crippen molar-refractivity contribution in [2.24, 2.45) is 0 Å². The van der Waals surface area contributed by atoms with Crippen molar-refractivity contribution in [3.63, 3.8) is 0 Å². The Balaban J connectivity index is 1.53. The summed E-state index contributed by atoms with van der Waals surface area (Å²) in [6, 6.07) is 12.2. The van der Waals surface area contributed by atoms with Gasteiger partial charge in [0.05, 0.1) is 16.3 Å². The molecule has 0 saturated heterocycles. The molecule has 2 aromatic carbocycles. The van der Waals surface area contributed by atoms with E-state index in [1.54, 1.807) is 24.3 Å². The molecule has 1 fully saturated rings. The van der Waals surface area contributed by atoms with Crippen LogP contribution in [0.3, 0.4) is 0 Å². The van der Waals surface area contributed by atoms with Gasteiger partial charge >= 0.3 is 6.18 Å². The van der Waals surface area contributed by atoms with E-state index in [2.05, 4.69) is 20.8 Å². The number of anilines is 2. The van der Waals surface area contributed by atoms with E-state index in [0.717, 1.165) is 31.0 Å². The van der Waals surface area contributed by atoms with Crippen molar-refractivity contribution in [3.8, 4) is 0 Å². The quantitative estimate of drug-likeness (QED) is 0.313. The second-order valence-electron chi connectivity index (χ2n) is 7.94. The normalized spacial score (nSPS) is 15.6. The maximum Gasteiger partial charge on any atom is 0.416 e. The van der Waals surface area contributed by atoms with Crippen LogP contribution in [0.2, 0.25) is 5.02 Å². The number of nitrogens with zero attached hydrogens (tertiary/aromatic N) is 2. The zero-order valence-electron chi connectivity index (χ0n) is 17.9. The number of carbonyl (C=O) groups is 1. The van der Waals surface area contributed by atoms with Crippen molar-refractivity contribution < 1.29 is 18.0 Å². The lowest BCUT2D eigenvalue weighted by Gasteiger charge is -2.21. The van der Waals surface area contributed by atoms with Gasteiger partial charge in [0, 0.05) is 6.04 Å². The predicted octanol–water partition coefficient (Wildman–Crippen LogP) is 7.43. The highest BCUT2D eigenvalue weighted by Gasteiger charge is 2.32. The number of amides is 1. The van der Waals surface area contributed by atoms with E-state index in [9.17, 15) is 18.0 Å². The van der Waals surface area contributed by atoms with Crippen molar-refractivity contribution in [3.05, 3.63) is 64.7 Å². The van der Waals surface area contributed by atoms with Crippen molar-refractivity contribution in [2.75, 3.05) is 10.6 Å². The zero-order chi connectivity index (χ0) is 24.1. The van der Waals surface area contributed by atoms with Crippen LogP contribution in [0.15, 0.2) is 52.9 Å². The second kappa shape index (κ2) is 11.0. The Morgan fingerprint density at radius 1 is 1.09 bits per heavy atom. The van der Waals surface area contributed by atoms with Crippen LogP contribution in [0.5, 0.6) is 0 Å². The molecule has 1 saturated carbocycles. The SMILES string of the molecule is O=C(Nc1cc(C(F)(F)F)ccc1Cl)C(Sc1nnc(NC2CCCCC2)s1)c1ccccc1. The number of carbonyl (C=O) groups excluding carboxylic acids is 1. The number of nitrogens with one attached hydrogen (secondary N) is 2. The third kappa shape index (κ3) is 6.43. The molecule has 180 valence electrons. The van der Waals surface area contributed by atoms with Gasteiger partial charge in [-0.3, -0.25) is 4.79 Å². The van der Waals surface area contributed by atoms with Gasteiger partial charge < -0.3 is 10.6 Å². The Morgan fingerprint density at radius 3 is 2.53 bits per heavy atom. The van der Waals surface area contributed by atoms with Crippen LogP contribution in [0.25, 0.3) is 0 Å². The summed E-state index contributed by atoms with van der Waals surface area (Å²) in [5.41, 5.74) is -0.302. The minimum absolute atomic E-state index is 0.0213. The molecule has 1 aromatic heterocycles. The summed E-state index contributed by atoms with van der Waals surface area (Å²) < 4.78 is 40.0. The van der Waals surface area contributed by atoms with Crippen molar-refractivity contribution in [1.82, 2.24) is 10.2 Å². The summed E-state index contributed by atoms with van der Waals surface area (Å²) in [5, 5.41) is 14.4. The molecular formula is C23H22ClF3N4OS2. The Bertz CT molecular complexity index is 1120. The van der Waals surface area contributed by atoms with E-state index < -0.39 is 22.9 Å². The van der Waals surface area contributed by atoms with Gasteiger partial charge in [0.2, 0.25) is 11.0 Å². The highest BCUT2D eigenvalue weighted by molar-refractivity contribution is 8.02. The summed E-state index contributed by atoms with van der Waals surface area (Å²) in [7, 11) is 0. The van der Waals surface area contributed by atoms with Crippen LogP contribution in [-0.4, -0.2) is 22.1 Å². The number of halogens is 4. The largest absolute Gasteiger partial charge is 0.416 e. The van der Waals surface area contributed by atoms with Gasteiger partial charge in [-0.2, -0.15) is 13.2 Å². The van der Waals surface area contributed by atoms with Gasteiger partial charge in [0.1, 0.15) is 5.25 Å². The number of aromatic nitrogens is 2. The fourth-order valence-corrected chi connectivity index (χ4v) is 5.92. The fraction of sp³-hybridized carbons (Fsp3) is 0.348. The number of hydrogen-bond acceptors (Lipinski definition) is 6. The summed E-state index contributed by atoms with van der Waals surface area (Å²) in [6.45, 7) is 0. The highest BCUT2D eigenvalue weighted by atomic mass is 35.5. The van der Waals surface area contributed by atoms with Crippen molar-refractivity contribution in [2.45, 2.75) is 53.9 Å². The van der Waals surface area contributed by atoms with Crippen LogP contribution in [0.4, 0.5) is 24.0 Å². The Labute approximate surface area is 208 Å². The Morgan fingerprint density at radius 2 is 1.82 bits per heavy atom. The smallest absolute Gasteiger partial charge is 0.357 e. The molecule has 0 bridgehead atoms. The van der Waals surface area contributed by atoms with E-state index in [1.165, 1.54) is 42.4 Å². The molecule has 0 spiro atoms. The van der Waals surface area contributed by atoms with Gasteiger partial charge in [0.15, 0.2) is 4.34 Å². The van der Waals surface area contributed by atoms with Crippen molar-refractivity contribution in [1.29, 1.82) is 0 Å². The Hall–Kier alpha value is -2.30. The third-order valence-corrected chi connectivity index (χ3v) is 7.97. The van der Waals surface area contributed by atoms with Crippen LogP contribution in [-0.2, 0) is 11.0 Å². The lowest BCUT2D eigenvalue weighted by Crippen LogP contribution is -2.21. The summed E-state index contributed by atoms with van der Waals surface area (Å²) >= 11 is 8.63. The first-order chi connectivity index (χ1) is 16.3. The van der Waals surface area contributed by atoms with Gasteiger partial charge in [-0.05, 0) is 36.6 Å². The van der Waals surface area contributed by atoms with Crippen LogP contribution >= 0.6 is 34.7 Å². The molecule has 11 heteroatoms. The average molecular weight is 527 g/mol. The lowest BCUT2D eigenvalue weighted by atomic mass is 9.96. The molecule has 2 N–H and O–H groups in total. The van der Waals surface area contributed by atoms with Crippen molar-refractivity contribution >= 4 is 51.4 Å². The molecule has 3 aromatic rings. The first-order valence-corrected chi connectivity index (χ1v) is 12.9. The molecule has 0 radical (unpaired) electrons. The summed E-state index contributed by atoms with van der Waals surface area (Å²) in [6.07, 6.45) is 1.26. The van der Waals surface area contributed by atoms with Gasteiger partial charge in [-0.1, -0.05) is 84.3 Å². The monoisotopic (exact) mass is 526 g/mol. The number of benzene rings is 2. The van der Waals surface area contributed by atoms with Crippen LogP contribution in [0.1, 0.15) is 48.5 Å². The number of thioether (sulfide) groups is 1. The van der Waals surface area contributed by atoms with E-state index in [1.807, 2.05) is 6.07 Å². The van der Waals surface area contributed by atoms with E-state index >= 15 is 0 Å². The van der Waals surface area contributed by atoms with Gasteiger partial charge in [-0.25, -0.2) is 0 Å². The molecule has 1 unspecified atom stereocenters. The van der Waals surface area contributed by atoms with Crippen LogP contribution < -0.4 is 10.6 Å². The molecule has 1 heterocycles. The maximum absolute atomic E-state index is 13.2. The Kier molecular flexibility index (Phi) is 8.00. The molecule has 1 amide bonds. The summed E-state index contributed by atoms with van der Waals surface area (Å²) in [5.74, 6) is -0.505. The molecule has 1 atom stereocenters.